The summed E-state index contributed by atoms with van der Waals surface area (Å²) in [6.45, 7) is 2.18. The Labute approximate surface area is 192 Å². The molecule has 3 heterocycles. The fourth-order valence-corrected chi connectivity index (χ4v) is 4.06. The molecule has 3 aromatic heterocycles. The van der Waals surface area contributed by atoms with Gasteiger partial charge in [-0.15, -0.1) is 11.3 Å². The van der Waals surface area contributed by atoms with Crippen molar-refractivity contribution >= 4 is 39.4 Å². The second-order valence-electron chi connectivity index (χ2n) is 7.34. The van der Waals surface area contributed by atoms with Crippen molar-refractivity contribution in [2.24, 2.45) is 0 Å². The number of amides is 1. The summed E-state index contributed by atoms with van der Waals surface area (Å²) in [5.74, 6) is -1.50. The Kier molecular flexibility index (Phi) is 6.55. The third-order valence-electron chi connectivity index (χ3n) is 4.99. The van der Waals surface area contributed by atoms with Crippen LogP contribution in [0.4, 0.5) is 10.3 Å². The number of carbonyl (C=O) groups is 2. The minimum Gasteiger partial charge on any atom is -0.478 e. The van der Waals surface area contributed by atoms with Gasteiger partial charge < -0.3 is 15.7 Å². The first-order valence-corrected chi connectivity index (χ1v) is 11.0. The second kappa shape index (κ2) is 9.70. The highest BCUT2D eigenvalue weighted by Crippen LogP contribution is 2.25. The first-order valence-electron chi connectivity index (χ1n) is 10.1. The van der Waals surface area contributed by atoms with Crippen molar-refractivity contribution in [3.05, 3.63) is 82.4 Å². The van der Waals surface area contributed by atoms with Crippen molar-refractivity contribution in [3.8, 4) is 0 Å². The van der Waals surface area contributed by atoms with Crippen LogP contribution >= 0.6 is 11.3 Å². The van der Waals surface area contributed by atoms with Gasteiger partial charge in [-0.05, 0) is 54.1 Å². The van der Waals surface area contributed by atoms with Crippen LogP contribution in [0.2, 0.25) is 0 Å². The monoisotopic (exact) mass is 465 g/mol. The van der Waals surface area contributed by atoms with Crippen molar-refractivity contribution in [1.82, 2.24) is 20.3 Å². The molecule has 0 fully saturated rings. The number of aromatic nitrogens is 3. The molecule has 0 radical (unpaired) electrons. The molecule has 0 spiro atoms. The molecular weight excluding hydrogens is 445 g/mol. The van der Waals surface area contributed by atoms with E-state index in [2.05, 4.69) is 25.6 Å². The number of benzene rings is 1. The highest BCUT2D eigenvalue weighted by Gasteiger charge is 2.17. The van der Waals surface area contributed by atoms with Gasteiger partial charge in [0.2, 0.25) is 5.95 Å². The second-order valence-corrected chi connectivity index (χ2v) is 8.26. The lowest BCUT2D eigenvalue weighted by atomic mass is 10.1. The Balaban J connectivity index is 1.46. The van der Waals surface area contributed by atoms with E-state index in [1.165, 1.54) is 29.5 Å². The van der Waals surface area contributed by atoms with Crippen molar-refractivity contribution in [3.63, 3.8) is 0 Å². The van der Waals surface area contributed by atoms with E-state index in [1.807, 2.05) is 18.4 Å². The molecule has 0 aliphatic carbocycles. The summed E-state index contributed by atoms with van der Waals surface area (Å²) < 4.78 is 14.2. The van der Waals surface area contributed by atoms with Gasteiger partial charge in [0.15, 0.2) is 5.69 Å². The number of carboxylic acids is 1. The minimum atomic E-state index is -0.981. The van der Waals surface area contributed by atoms with Gasteiger partial charge in [-0.2, -0.15) is 0 Å². The molecule has 0 bridgehead atoms. The van der Waals surface area contributed by atoms with E-state index < -0.39 is 11.8 Å². The van der Waals surface area contributed by atoms with E-state index in [9.17, 15) is 14.0 Å². The van der Waals surface area contributed by atoms with Crippen LogP contribution in [0.5, 0.6) is 0 Å². The van der Waals surface area contributed by atoms with E-state index in [4.69, 9.17) is 5.11 Å². The standard InChI is InChI=1S/C23H20FN5O3S/c1-13(16-10-17(24)12-25-11-16)27-23-28-18-7-9-33-20(18)19(29-23)21(30)26-8-6-14-2-4-15(5-3-14)22(31)32/h2-5,7,9-13H,6,8H2,1H3,(H,26,30)(H,31,32)(H,27,28,29). The smallest absolute Gasteiger partial charge is 0.335 e. The highest BCUT2D eigenvalue weighted by molar-refractivity contribution is 7.17. The highest BCUT2D eigenvalue weighted by atomic mass is 32.1. The Bertz CT molecular complexity index is 1310. The number of thiophene rings is 1. The number of hydrogen-bond acceptors (Lipinski definition) is 7. The topological polar surface area (TPSA) is 117 Å². The van der Waals surface area contributed by atoms with Gasteiger partial charge in [0.25, 0.3) is 5.91 Å². The number of aromatic carboxylic acids is 1. The number of nitrogens with one attached hydrogen (secondary N) is 2. The summed E-state index contributed by atoms with van der Waals surface area (Å²) in [6.07, 6.45) is 3.23. The van der Waals surface area contributed by atoms with Crippen molar-refractivity contribution in [2.45, 2.75) is 19.4 Å². The summed E-state index contributed by atoms with van der Waals surface area (Å²) in [4.78, 5) is 36.6. The quantitative estimate of drug-likeness (QED) is 0.359. The van der Waals surface area contributed by atoms with Gasteiger partial charge in [-0.25, -0.2) is 19.2 Å². The molecule has 4 aromatic rings. The summed E-state index contributed by atoms with van der Waals surface area (Å²) in [6, 6.07) is 9.38. The van der Waals surface area contributed by atoms with E-state index in [1.54, 1.807) is 18.3 Å². The van der Waals surface area contributed by atoms with Gasteiger partial charge in [0.1, 0.15) is 5.82 Å². The number of pyridine rings is 1. The number of halogens is 1. The lowest BCUT2D eigenvalue weighted by molar-refractivity contribution is 0.0696. The fourth-order valence-electron chi connectivity index (χ4n) is 3.24. The molecule has 4 rings (SSSR count). The van der Waals surface area contributed by atoms with Gasteiger partial charge in [-0.1, -0.05) is 12.1 Å². The predicted octanol–water partition coefficient (Wildman–Crippen LogP) is 4.07. The number of rotatable bonds is 8. The maximum absolute atomic E-state index is 13.5. The average molecular weight is 466 g/mol. The first kappa shape index (κ1) is 22.3. The van der Waals surface area contributed by atoms with Crippen LogP contribution in [-0.4, -0.2) is 38.5 Å². The largest absolute Gasteiger partial charge is 0.478 e. The van der Waals surface area contributed by atoms with Crippen LogP contribution < -0.4 is 10.6 Å². The first-order chi connectivity index (χ1) is 15.9. The van der Waals surface area contributed by atoms with Crippen LogP contribution in [0.3, 0.4) is 0 Å². The summed E-state index contributed by atoms with van der Waals surface area (Å²) in [5.41, 5.74) is 2.64. The van der Waals surface area contributed by atoms with Crippen molar-refractivity contribution in [2.75, 3.05) is 11.9 Å². The summed E-state index contributed by atoms with van der Waals surface area (Å²) in [5, 5.41) is 16.8. The molecule has 10 heteroatoms. The van der Waals surface area contributed by atoms with Crippen LogP contribution in [0.1, 0.15) is 44.9 Å². The molecule has 0 aliphatic heterocycles. The van der Waals surface area contributed by atoms with Crippen LogP contribution in [0.15, 0.2) is 54.2 Å². The summed E-state index contributed by atoms with van der Waals surface area (Å²) >= 11 is 1.37. The van der Waals surface area contributed by atoms with Gasteiger partial charge in [0, 0.05) is 12.7 Å². The lowest BCUT2D eigenvalue weighted by Gasteiger charge is -2.15. The van der Waals surface area contributed by atoms with Crippen LogP contribution in [0, 0.1) is 5.82 Å². The zero-order valence-electron chi connectivity index (χ0n) is 17.6. The Hall–Kier alpha value is -3.92. The normalized spacial score (nSPS) is 11.8. The molecule has 0 saturated carbocycles. The molecule has 168 valence electrons. The number of fused-ring (bicyclic) bond motifs is 1. The molecule has 1 aromatic carbocycles. The van der Waals surface area contributed by atoms with Crippen molar-refractivity contribution < 1.29 is 19.1 Å². The van der Waals surface area contributed by atoms with Gasteiger partial charge >= 0.3 is 5.97 Å². The molecule has 1 unspecified atom stereocenters. The summed E-state index contributed by atoms with van der Waals surface area (Å²) in [7, 11) is 0. The Morgan fingerprint density at radius 3 is 2.67 bits per heavy atom. The van der Waals surface area contributed by atoms with E-state index >= 15 is 0 Å². The molecule has 8 nitrogen and oxygen atoms in total. The zero-order valence-corrected chi connectivity index (χ0v) is 18.4. The average Bonchev–Trinajstić information content (AvgIpc) is 3.27. The van der Waals surface area contributed by atoms with E-state index in [0.717, 1.165) is 11.8 Å². The molecule has 1 atom stereocenters. The maximum Gasteiger partial charge on any atom is 0.335 e. The number of hydrogen-bond donors (Lipinski definition) is 3. The number of anilines is 1. The molecule has 1 amide bonds. The fraction of sp³-hybridized carbons (Fsp3) is 0.174. The number of carbonyl (C=O) groups excluding carboxylic acids is 1. The number of carboxylic acid groups (broad SMARTS) is 1. The Morgan fingerprint density at radius 2 is 1.94 bits per heavy atom. The van der Waals surface area contributed by atoms with Crippen molar-refractivity contribution in [1.29, 1.82) is 0 Å². The van der Waals surface area contributed by atoms with Gasteiger partial charge in [0.05, 0.1) is 28.0 Å². The minimum absolute atomic E-state index is 0.215. The van der Waals surface area contributed by atoms with Crippen LogP contribution in [-0.2, 0) is 6.42 Å². The third-order valence-corrected chi connectivity index (χ3v) is 5.90. The van der Waals surface area contributed by atoms with Crippen LogP contribution in [0.25, 0.3) is 10.2 Å². The van der Waals surface area contributed by atoms with Gasteiger partial charge in [-0.3, -0.25) is 9.78 Å². The number of nitrogens with zero attached hydrogens (tertiary/aromatic N) is 3. The van der Waals surface area contributed by atoms with E-state index in [0.29, 0.717) is 28.7 Å². The zero-order chi connectivity index (χ0) is 23.4. The SMILES string of the molecule is CC(Nc1nc(C(=O)NCCc2ccc(C(=O)O)cc2)c2sccc2n1)c1cncc(F)c1. The molecular formula is C23H20FN5O3S. The molecule has 3 N–H and O–H groups in total. The molecule has 0 saturated heterocycles. The molecule has 0 aliphatic rings. The predicted molar refractivity (Wildman–Crippen MR) is 123 cm³/mol. The Morgan fingerprint density at radius 1 is 1.15 bits per heavy atom. The third kappa shape index (κ3) is 5.29. The molecule has 33 heavy (non-hydrogen) atoms. The lowest BCUT2D eigenvalue weighted by Crippen LogP contribution is -2.27. The maximum atomic E-state index is 13.5. The van der Waals surface area contributed by atoms with E-state index in [-0.39, 0.29) is 29.2 Å².